The number of benzene rings is 2. The zero-order valence-electron chi connectivity index (χ0n) is 18.4. The number of para-hydroxylation sites is 1. The summed E-state index contributed by atoms with van der Waals surface area (Å²) in [5.41, 5.74) is 1.05. The van der Waals surface area contributed by atoms with E-state index < -0.39 is 10.0 Å². The second-order valence-corrected chi connectivity index (χ2v) is 10.4. The molecule has 172 valence electrons. The minimum Gasteiger partial charge on any atom is -0.351 e. The van der Waals surface area contributed by atoms with Crippen LogP contribution in [0.4, 0.5) is 5.69 Å². The largest absolute Gasteiger partial charge is 0.351 e. The SMILES string of the molecule is CC1CCN(C(C)CNC(=O)/C=C/c2ccc(S(=O)(=O)Nc3ccccc3Cl)cc2)CC1. The van der Waals surface area contributed by atoms with E-state index in [1.54, 1.807) is 42.5 Å². The van der Waals surface area contributed by atoms with Crippen LogP contribution in [0.25, 0.3) is 6.08 Å². The Morgan fingerprint density at radius 2 is 1.81 bits per heavy atom. The zero-order chi connectivity index (χ0) is 23.1. The molecule has 2 aromatic carbocycles. The molecule has 1 aliphatic rings. The second-order valence-electron chi connectivity index (χ2n) is 8.30. The number of halogens is 1. The monoisotopic (exact) mass is 475 g/mol. The highest BCUT2D eigenvalue weighted by molar-refractivity contribution is 7.92. The van der Waals surface area contributed by atoms with Gasteiger partial charge in [0.25, 0.3) is 10.0 Å². The van der Waals surface area contributed by atoms with E-state index in [9.17, 15) is 13.2 Å². The summed E-state index contributed by atoms with van der Waals surface area (Å²) in [5, 5.41) is 3.27. The van der Waals surface area contributed by atoms with Crippen molar-refractivity contribution in [3.8, 4) is 0 Å². The molecular formula is C24H30ClN3O3S. The minimum atomic E-state index is -3.76. The van der Waals surface area contributed by atoms with Crippen LogP contribution in [0, 0.1) is 5.92 Å². The van der Waals surface area contributed by atoms with Gasteiger partial charge in [-0.15, -0.1) is 0 Å². The van der Waals surface area contributed by atoms with Crippen molar-refractivity contribution in [2.75, 3.05) is 24.4 Å². The Morgan fingerprint density at radius 3 is 2.47 bits per heavy atom. The van der Waals surface area contributed by atoms with Crippen LogP contribution in [0.1, 0.15) is 32.3 Å². The van der Waals surface area contributed by atoms with Crippen LogP contribution in [0.2, 0.25) is 5.02 Å². The first-order valence-corrected chi connectivity index (χ1v) is 12.7. The standard InChI is InChI=1S/C24H30ClN3O3S/c1-18-13-15-28(16-14-18)19(2)17-26-24(29)12-9-20-7-10-21(11-8-20)32(30,31)27-23-6-4-3-5-22(23)25/h3-12,18-19,27H,13-17H2,1-2H3,(H,26,29)/b12-9+. The van der Waals surface area contributed by atoms with E-state index in [1.807, 2.05) is 0 Å². The summed E-state index contributed by atoms with van der Waals surface area (Å²) in [6.07, 6.45) is 5.55. The summed E-state index contributed by atoms with van der Waals surface area (Å²) in [5.74, 6) is 0.614. The normalized spacial score (nSPS) is 16.7. The first-order chi connectivity index (χ1) is 15.2. The molecule has 1 amide bonds. The lowest BCUT2D eigenvalue weighted by atomic mass is 9.98. The van der Waals surface area contributed by atoms with Crippen molar-refractivity contribution in [2.45, 2.75) is 37.6 Å². The van der Waals surface area contributed by atoms with Gasteiger partial charge in [-0.25, -0.2) is 8.42 Å². The average Bonchev–Trinajstić information content (AvgIpc) is 2.78. The van der Waals surface area contributed by atoms with Crippen molar-refractivity contribution >= 4 is 39.3 Å². The number of anilines is 1. The third-order valence-electron chi connectivity index (χ3n) is 5.75. The fraction of sp³-hybridized carbons (Fsp3) is 0.375. The molecule has 1 unspecified atom stereocenters. The number of hydrogen-bond donors (Lipinski definition) is 2. The quantitative estimate of drug-likeness (QED) is 0.555. The highest BCUT2D eigenvalue weighted by atomic mass is 35.5. The van der Waals surface area contributed by atoms with E-state index in [0.29, 0.717) is 23.3 Å². The molecule has 6 nitrogen and oxygen atoms in total. The molecule has 1 saturated heterocycles. The van der Waals surface area contributed by atoms with Gasteiger partial charge in [0, 0.05) is 18.7 Å². The summed E-state index contributed by atoms with van der Waals surface area (Å²) in [4.78, 5) is 14.7. The number of hydrogen-bond acceptors (Lipinski definition) is 4. The predicted molar refractivity (Wildman–Crippen MR) is 130 cm³/mol. The van der Waals surface area contributed by atoms with E-state index in [0.717, 1.165) is 24.6 Å². The van der Waals surface area contributed by atoms with Crippen LogP contribution in [0.3, 0.4) is 0 Å². The number of nitrogens with one attached hydrogen (secondary N) is 2. The Morgan fingerprint density at radius 1 is 1.16 bits per heavy atom. The molecule has 1 heterocycles. The summed E-state index contributed by atoms with van der Waals surface area (Å²) < 4.78 is 27.6. The highest BCUT2D eigenvalue weighted by Gasteiger charge is 2.20. The third kappa shape index (κ3) is 6.82. The van der Waals surface area contributed by atoms with Crippen molar-refractivity contribution < 1.29 is 13.2 Å². The average molecular weight is 476 g/mol. The number of piperidine rings is 1. The summed E-state index contributed by atoms with van der Waals surface area (Å²) in [6, 6.07) is 13.3. The van der Waals surface area contributed by atoms with Gasteiger partial charge in [-0.05, 0) is 74.7 Å². The Kier molecular flexibility index (Phi) is 8.34. The number of carbonyl (C=O) groups excluding carboxylic acids is 1. The molecule has 0 bridgehead atoms. The summed E-state index contributed by atoms with van der Waals surface area (Å²) in [6.45, 7) is 7.17. The van der Waals surface area contributed by atoms with Crippen molar-refractivity contribution in [1.82, 2.24) is 10.2 Å². The van der Waals surface area contributed by atoms with Gasteiger partial charge < -0.3 is 5.32 Å². The molecule has 0 radical (unpaired) electrons. The Hall–Kier alpha value is -2.35. The number of rotatable bonds is 8. The summed E-state index contributed by atoms with van der Waals surface area (Å²) in [7, 11) is -3.76. The fourth-order valence-electron chi connectivity index (χ4n) is 3.58. The van der Waals surface area contributed by atoms with Crippen LogP contribution in [0.5, 0.6) is 0 Å². The maximum atomic E-state index is 12.6. The van der Waals surface area contributed by atoms with Crippen molar-refractivity contribution in [1.29, 1.82) is 0 Å². The first-order valence-electron chi connectivity index (χ1n) is 10.8. The molecule has 1 fully saturated rings. The number of sulfonamides is 1. The predicted octanol–water partition coefficient (Wildman–Crippen LogP) is 4.39. The van der Waals surface area contributed by atoms with E-state index in [2.05, 4.69) is 28.8 Å². The first kappa shape index (κ1) is 24.3. The number of likely N-dealkylation sites (tertiary alicyclic amines) is 1. The van der Waals surface area contributed by atoms with Gasteiger partial charge in [-0.3, -0.25) is 14.4 Å². The lowest BCUT2D eigenvalue weighted by Gasteiger charge is -2.34. The van der Waals surface area contributed by atoms with Crippen LogP contribution in [-0.4, -0.2) is 44.9 Å². The number of amides is 1. The molecule has 8 heteroatoms. The molecular weight excluding hydrogens is 446 g/mol. The Labute approximate surface area is 195 Å². The molecule has 0 aromatic heterocycles. The molecule has 3 rings (SSSR count). The van der Waals surface area contributed by atoms with Crippen LogP contribution < -0.4 is 10.0 Å². The van der Waals surface area contributed by atoms with Gasteiger partial charge in [-0.1, -0.05) is 42.8 Å². The van der Waals surface area contributed by atoms with Gasteiger partial charge in [0.15, 0.2) is 0 Å². The summed E-state index contributed by atoms with van der Waals surface area (Å²) >= 11 is 6.03. The Balaban J connectivity index is 1.52. The van der Waals surface area contributed by atoms with E-state index in [4.69, 9.17) is 11.6 Å². The minimum absolute atomic E-state index is 0.115. The van der Waals surface area contributed by atoms with Gasteiger partial charge in [0.05, 0.1) is 15.6 Å². The van der Waals surface area contributed by atoms with Gasteiger partial charge in [0.2, 0.25) is 5.91 Å². The molecule has 1 aliphatic heterocycles. The van der Waals surface area contributed by atoms with Crippen molar-refractivity contribution in [2.24, 2.45) is 5.92 Å². The lowest BCUT2D eigenvalue weighted by molar-refractivity contribution is -0.116. The molecule has 0 aliphatic carbocycles. The topological polar surface area (TPSA) is 78.5 Å². The van der Waals surface area contributed by atoms with Crippen LogP contribution in [0.15, 0.2) is 59.5 Å². The maximum absolute atomic E-state index is 12.6. The smallest absolute Gasteiger partial charge is 0.261 e. The Bertz CT molecular complexity index is 1050. The highest BCUT2D eigenvalue weighted by Crippen LogP contribution is 2.24. The van der Waals surface area contributed by atoms with Crippen molar-refractivity contribution in [3.05, 3.63) is 65.2 Å². The fourth-order valence-corrected chi connectivity index (χ4v) is 4.90. The third-order valence-corrected chi connectivity index (χ3v) is 7.46. The molecule has 2 N–H and O–H groups in total. The number of carbonyl (C=O) groups is 1. The molecule has 1 atom stereocenters. The van der Waals surface area contributed by atoms with Crippen LogP contribution in [-0.2, 0) is 14.8 Å². The van der Waals surface area contributed by atoms with Crippen molar-refractivity contribution in [3.63, 3.8) is 0 Å². The lowest BCUT2D eigenvalue weighted by Crippen LogP contribution is -2.45. The molecule has 32 heavy (non-hydrogen) atoms. The van der Waals surface area contributed by atoms with E-state index in [1.165, 1.54) is 31.1 Å². The zero-order valence-corrected chi connectivity index (χ0v) is 20.0. The number of nitrogens with zero attached hydrogens (tertiary/aromatic N) is 1. The van der Waals surface area contributed by atoms with E-state index >= 15 is 0 Å². The van der Waals surface area contributed by atoms with Gasteiger partial charge in [0.1, 0.15) is 0 Å². The maximum Gasteiger partial charge on any atom is 0.261 e. The second kappa shape index (κ2) is 11.0. The molecule has 2 aromatic rings. The molecule has 0 saturated carbocycles. The van der Waals surface area contributed by atoms with Gasteiger partial charge >= 0.3 is 0 Å². The van der Waals surface area contributed by atoms with Crippen LogP contribution >= 0.6 is 11.6 Å². The van der Waals surface area contributed by atoms with Gasteiger partial charge in [-0.2, -0.15) is 0 Å². The van der Waals surface area contributed by atoms with E-state index in [-0.39, 0.29) is 10.8 Å². The molecule has 0 spiro atoms.